The highest BCUT2D eigenvalue weighted by molar-refractivity contribution is 6.17. The monoisotopic (exact) mass is 298 g/mol. The zero-order valence-corrected chi connectivity index (χ0v) is 13.0. The van der Waals surface area contributed by atoms with Crippen molar-refractivity contribution in [2.24, 2.45) is 4.99 Å². The Balaban J connectivity index is 1.92. The summed E-state index contributed by atoms with van der Waals surface area (Å²) in [5.74, 6) is 0. The molecule has 1 aliphatic heterocycles. The van der Waals surface area contributed by atoms with E-state index in [1.165, 1.54) is 11.1 Å². The van der Waals surface area contributed by atoms with Gasteiger partial charge in [-0.2, -0.15) is 0 Å². The number of hydrogen-bond acceptors (Lipinski definition) is 2. The van der Waals surface area contributed by atoms with Crippen molar-refractivity contribution in [2.45, 2.75) is 12.5 Å². The van der Waals surface area contributed by atoms with Crippen LogP contribution in [0.3, 0.4) is 0 Å². The van der Waals surface area contributed by atoms with E-state index >= 15 is 0 Å². The molecule has 1 atom stereocenters. The van der Waals surface area contributed by atoms with Crippen molar-refractivity contribution < 1.29 is 0 Å². The van der Waals surface area contributed by atoms with E-state index in [0.717, 1.165) is 17.1 Å². The molecule has 3 aromatic carbocycles. The highest BCUT2D eigenvalue weighted by atomic mass is 15.0. The lowest BCUT2D eigenvalue weighted by Gasteiger charge is -2.27. The van der Waals surface area contributed by atoms with E-state index in [1.807, 2.05) is 36.4 Å². The molecule has 3 aromatic rings. The highest BCUT2D eigenvalue weighted by Gasteiger charge is 2.40. The van der Waals surface area contributed by atoms with Gasteiger partial charge in [-0.05, 0) is 30.7 Å². The van der Waals surface area contributed by atoms with Crippen LogP contribution >= 0.6 is 0 Å². The Hall–Kier alpha value is -2.87. The zero-order valence-electron chi connectivity index (χ0n) is 13.0. The molecule has 0 fully saturated rings. The first-order valence-corrected chi connectivity index (χ1v) is 7.85. The number of benzene rings is 3. The van der Waals surface area contributed by atoms with Crippen LogP contribution in [0.5, 0.6) is 0 Å². The number of hydrogen-bond donors (Lipinski definition) is 1. The van der Waals surface area contributed by atoms with Crippen molar-refractivity contribution in [2.75, 3.05) is 5.32 Å². The zero-order chi connectivity index (χ0) is 15.7. The quantitative estimate of drug-likeness (QED) is 0.695. The van der Waals surface area contributed by atoms with Crippen molar-refractivity contribution in [1.29, 1.82) is 0 Å². The van der Waals surface area contributed by atoms with Crippen LogP contribution in [0, 0.1) is 0 Å². The highest BCUT2D eigenvalue weighted by Crippen LogP contribution is 2.40. The summed E-state index contributed by atoms with van der Waals surface area (Å²) in [4.78, 5) is 4.98. The van der Waals surface area contributed by atoms with Crippen LogP contribution in [0.25, 0.3) is 0 Å². The van der Waals surface area contributed by atoms with Gasteiger partial charge in [0.1, 0.15) is 5.54 Å². The van der Waals surface area contributed by atoms with Crippen LogP contribution in [-0.4, -0.2) is 5.71 Å². The first-order chi connectivity index (χ1) is 11.3. The fourth-order valence-corrected chi connectivity index (χ4v) is 3.18. The Kier molecular flexibility index (Phi) is 3.23. The SMILES string of the molecule is C[C@@]1(c2ccccc2)Nc2ccccc2C1=Nc1ccccc1. The number of rotatable bonds is 2. The van der Waals surface area contributed by atoms with Crippen LogP contribution in [0.4, 0.5) is 11.4 Å². The Morgan fingerprint density at radius 1 is 0.739 bits per heavy atom. The molecule has 0 amide bonds. The number of nitrogens with zero attached hydrogens (tertiary/aromatic N) is 1. The maximum absolute atomic E-state index is 4.98. The number of para-hydroxylation sites is 2. The molecule has 0 aliphatic carbocycles. The van der Waals surface area contributed by atoms with Crippen LogP contribution in [0.2, 0.25) is 0 Å². The topological polar surface area (TPSA) is 24.4 Å². The first-order valence-electron chi connectivity index (χ1n) is 7.85. The summed E-state index contributed by atoms with van der Waals surface area (Å²) in [5.41, 5.74) is 5.22. The molecule has 23 heavy (non-hydrogen) atoms. The van der Waals surface area contributed by atoms with Gasteiger partial charge in [0, 0.05) is 11.3 Å². The van der Waals surface area contributed by atoms with Crippen molar-refractivity contribution in [3.63, 3.8) is 0 Å². The molecule has 2 nitrogen and oxygen atoms in total. The minimum Gasteiger partial charge on any atom is -0.370 e. The van der Waals surface area contributed by atoms with E-state index in [4.69, 9.17) is 4.99 Å². The van der Waals surface area contributed by atoms with Gasteiger partial charge in [0.2, 0.25) is 0 Å². The van der Waals surface area contributed by atoms with Gasteiger partial charge in [0.15, 0.2) is 0 Å². The summed E-state index contributed by atoms with van der Waals surface area (Å²) >= 11 is 0. The molecule has 112 valence electrons. The van der Waals surface area contributed by atoms with Crippen molar-refractivity contribution in [3.8, 4) is 0 Å². The van der Waals surface area contributed by atoms with Gasteiger partial charge in [-0.3, -0.25) is 0 Å². The average molecular weight is 298 g/mol. The third-order valence-corrected chi connectivity index (χ3v) is 4.39. The van der Waals surface area contributed by atoms with Crippen LogP contribution in [0.1, 0.15) is 18.1 Å². The molecule has 0 spiro atoms. The summed E-state index contributed by atoms with van der Waals surface area (Å²) < 4.78 is 0. The van der Waals surface area contributed by atoms with Crippen LogP contribution < -0.4 is 5.32 Å². The largest absolute Gasteiger partial charge is 0.370 e. The van der Waals surface area contributed by atoms with Crippen molar-refractivity contribution in [1.82, 2.24) is 0 Å². The normalized spacial score (nSPS) is 21.0. The fraction of sp³-hybridized carbons (Fsp3) is 0.0952. The molecular weight excluding hydrogens is 280 g/mol. The van der Waals surface area contributed by atoms with E-state index in [1.54, 1.807) is 0 Å². The predicted octanol–water partition coefficient (Wildman–Crippen LogP) is 5.15. The van der Waals surface area contributed by atoms with Gasteiger partial charge in [-0.25, -0.2) is 4.99 Å². The second-order valence-electron chi connectivity index (χ2n) is 5.96. The Bertz CT molecular complexity index is 853. The van der Waals surface area contributed by atoms with Gasteiger partial charge < -0.3 is 5.32 Å². The lowest BCUT2D eigenvalue weighted by molar-refractivity contribution is 0.756. The Morgan fingerprint density at radius 3 is 2.09 bits per heavy atom. The summed E-state index contributed by atoms with van der Waals surface area (Å²) in [6.45, 7) is 2.20. The van der Waals surface area contributed by atoms with Crippen molar-refractivity contribution in [3.05, 3.63) is 96.1 Å². The van der Waals surface area contributed by atoms with Gasteiger partial charge in [0.25, 0.3) is 0 Å². The average Bonchev–Trinajstić information content (AvgIpc) is 2.90. The Morgan fingerprint density at radius 2 is 1.35 bits per heavy atom. The van der Waals surface area contributed by atoms with Crippen molar-refractivity contribution >= 4 is 17.1 Å². The van der Waals surface area contributed by atoms with Gasteiger partial charge in [0.05, 0.1) is 11.4 Å². The standard InChI is InChI=1S/C21H18N2/c1-21(16-10-4-2-5-11-16)20(22-17-12-6-3-7-13-17)18-14-8-9-15-19(18)23-21/h2-15,23H,1H3/t21-/m0/s1. The molecular formula is C21H18N2. The predicted molar refractivity (Wildman–Crippen MR) is 96.5 cm³/mol. The molecule has 0 unspecified atom stereocenters. The number of aliphatic imine (C=N–C) groups is 1. The first kappa shape index (κ1) is 13.8. The van der Waals surface area contributed by atoms with E-state index < -0.39 is 0 Å². The number of anilines is 1. The summed E-state index contributed by atoms with van der Waals surface area (Å²) in [5, 5.41) is 3.67. The van der Waals surface area contributed by atoms with Gasteiger partial charge in [-0.1, -0.05) is 66.7 Å². The molecule has 0 aromatic heterocycles. The lowest BCUT2D eigenvalue weighted by atomic mass is 9.87. The molecule has 0 saturated carbocycles. The van der Waals surface area contributed by atoms with E-state index in [-0.39, 0.29) is 5.54 Å². The van der Waals surface area contributed by atoms with Crippen LogP contribution in [0.15, 0.2) is 89.9 Å². The van der Waals surface area contributed by atoms with E-state index in [9.17, 15) is 0 Å². The Labute approximate surface area is 136 Å². The maximum Gasteiger partial charge on any atom is 0.103 e. The minimum absolute atomic E-state index is 0.333. The van der Waals surface area contributed by atoms with E-state index in [0.29, 0.717) is 0 Å². The van der Waals surface area contributed by atoms with Crippen LogP contribution in [-0.2, 0) is 5.54 Å². The number of nitrogens with one attached hydrogen (secondary N) is 1. The lowest BCUT2D eigenvalue weighted by Crippen LogP contribution is -2.35. The molecule has 0 bridgehead atoms. The summed E-state index contributed by atoms with van der Waals surface area (Å²) in [6.07, 6.45) is 0. The molecule has 0 saturated heterocycles. The van der Waals surface area contributed by atoms with E-state index in [2.05, 4.69) is 60.8 Å². The van der Waals surface area contributed by atoms with Gasteiger partial charge in [-0.15, -0.1) is 0 Å². The molecule has 1 aliphatic rings. The maximum atomic E-state index is 4.98. The minimum atomic E-state index is -0.333. The second kappa shape index (κ2) is 5.40. The fourth-order valence-electron chi connectivity index (χ4n) is 3.18. The number of fused-ring (bicyclic) bond motifs is 1. The third-order valence-electron chi connectivity index (χ3n) is 4.39. The summed E-state index contributed by atoms with van der Waals surface area (Å²) in [7, 11) is 0. The summed E-state index contributed by atoms with van der Waals surface area (Å²) in [6, 6.07) is 29.0. The molecule has 0 radical (unpaired) electrons. The smallest absolute Gasteiger partial charge is 0.103 e. The molecule has 1 N–H and O–H groups in total. The van der Waals surface area contributed by atoms with Gasteiger partial charge >= 0.3 is 0 Å². The molecule has 4 rings (SSSR count). The molecule has 1 heterocycles. The second-order valence-corrected chi connectivity index (χ2v) is 5.96. The molecule has 2 heteroatoms. The third kappa shape index (κ3) is 2.33.